The van der Waals surface area contributed by atoms with Crippen LogP contribution < -0.4 is 5.73 Å². The van der Waals surface area contributed by atoms with Gasteiger partial charge in [-0.25, -0.2) is 4.79 Å². The normalized spacial score (nSPS) is 10.4. The molecule has 0 fully saturated rings. The number of hydrogen-bond donors (Lipinski definition) is 2. The highest BCUT2D eigenvalue weighted by atomic mass is 79.9. The van der Waals surface area contributed by atoms with E-state index in [4.69, 9.17) is 10.8 Å². The Hall–Kier alpha value is -1.46. The molecule has 0 saturated heterocycles. The Labute approximate surface area is 124 Å². The molecular weight excluding hydrogens is 326 g/mol. The molecule has 2 rings (SSSR count). The lowest BCUT2D eigenvalue weighted by molar-refractivity contribution is 0.0697. The SMILES string of the molecule is Nc1cc(Br)ccc1SCc1cccc(C(=O)O)c1. The fourth-order valence-electron chi connectivity index (χ4n) is 1.61. The first-order chi connectivity index (χ1) is 9.06. The Morgan fingerprint density at radius 2 is 2.05 bits per heavy atom. The van der Waals surface area contributed by atoms with Crippen LogP contribution >= 0.6 is 27.7 Å². The molecule has 3 N–H and O–H groups in total. The van der Waals surface area contributed by atoms with Gasteiger partial charge in [-0.05, 0) is 35.9 Å². The van der Waals surface area contributed by atoms with Crippen LogP contribution in [0.3, 0.4) is 0 Å². The van der Waals surface area contributed by atoms with Gasteiger partial charge in [0.15, 0.2) is 0 Å². The highest BCUT2D eigenvalue weighted by molar-refractivity contribution is 9.10. The summed E-state index contributed by atoms with van der Waals surface area (Å²) in [4.78, 5) is 11.9. The first-order valence-electron chi connectivity index (χ1n) is 5.56. The maximum absolute atomic E-state index is 10.9. The predicted octanol–water partition coefficient (Wildman–Crippen LogP) is 4.02. The Morgan fingerprint density at radius 1 is 1.26 bits per heavy atom. The van der Waals surface area contributed by atoms with Gasteiger partial charge < -0.3 is 10.8 Å². The molecule has 5 heteroatoms. The van der Waals surface area contributed by atoms with E-state index in [-0.39, 0.29) is 0 Å². The average molecular weight is 338 g/mol. The van der Waals surface area contributed by atoms with E-state index in [1.165, 1.54) is 0 Å². The van der Waals surface area contributed by atoms with Gasteiger partial charge in [-0.2, -0.15) is 0 Å². The quantitative estimate of drug-likeness (QED) is 0.653. The predicted molar refractivity (Wildman–Crippen MR) is 81.5 cm³/mol. The average Bonchev–Trinajstić information content (AvgIpc) is 2.38. The minimum Gasteiger partial charge on any atom is -0.478 e. The van der Waals surface area contributed by atoms with Crippen LogP contribution in [0.2, 0.25) is 0 Å². The fourth-order valence-corrected chi connectivity index (χ4v) is 2.88. The number of halogens is 1. The maximum atomic E-state index is 10.9. The second-order valence-electron chi connectivity index (χ2n) is 3.98. The van der Waals surface area contributed by atoms with E-state index in [1.807, 2.05) is 24.3 Å². The zero-order valence-corrected chi connectivity index (χ0v) is 12.4. The largest absolute Gasteiger partial charge is 0.478 e. The maximum Gasteiger partial charge on any atom is 0.335 e. The highest BCUT2D eigenvalue weighted by Crippen LogP contribution is 2.30. The van der Waals surface area contributed by atoms with Crippen molar-refractivity contribution in [1.29, 1.82) is 0 Å². The van der Waals surface area contributed by atoms with Gasteiger partial charge in [-0.1, -0.05) is 28.1 Å². The molecule has 0 amide bonds. The zero-order chi connectivity index (χ0) is 13.8. The third-order valence-corrected chi connectivity index (χ3v) is 4.19. The van der Waals surface area contributed by atoms with Crippen LogP contribution in [-0.4, -0.2) is 11.1 Å². The number of carboxylic acids is 1. The lowest BCUT2D eigenvalue weighted by Gasteiger charge is -2.06. The van der Waals surface area contributed by atoms with Gasteiger partial charge in [0, 0.05) is 20.8 Å². The van der Waals surface area contributed by atoms with Crippen LogP contribution in [0, 0.1) is 0 Å². The molecule has 0 atom stereocenters. The molecule has 0 saturated carbocycles. The minimum absolute atomic E-state index is 0.307. The zero-order valence-electron chi connectivity index (χ0n) is 9.97. The molecular formula is C14H12BrNO2S. The van der Waals surface area contributed by atoms with Gasteiger partial charge in [-0.15, -0.1) is 11.8 Å². The minimum atomic E-state index is -0.907. The van der Waals surface area contributed by atoms with Gasteiger partial charge in [0.2, 0.25) is 0 Å². The molecule has 0 aromatic heterocycles. The van der Waals surface area contributed by atoms with Crippen molar-refractivity contribution in [3.05, 3.63) is 58.1 Å². The summed E-state index contributed by atoms with van der Waals surface area (Å²) in [5.74, 6) is -0.220. The summed E-state index contributed by atoms with van der Waals surface area (Å²) in [5.41, 5.74) is 7.91. The van der Waals surface area contributed by atoms with Crippen LogP contribution in [0.15, 0.2) is 51.8 Å². The van der Waals surface area contributed by atoms with Crippen molar-refractivity contribution in [3.63, 3.8) is 0 Å². The van der Waals surface area contributed by atoms with E-state index in [2.05, 4.69) is 15.9 Å². The summed E-state index contributed by atoms with van der Waals surface area (Å²) < 4.78 is 0.947. The number of nitrogen functional groups attached to an aromatic ring is 1. The molecule has 0 aliphatic heterocycles. The van der Waals surface area contributed by atoms with E-state index in [0.29, 0.717) is 17.0 Å². The van der Waals surface area contributed by atoms with Crippen LogP contribution in [0.25, 0.3) is 0 Å². The Kier molecular flexibility index (Phi) is 4.50. The molecule has 19 heavy (non-hydrogen) atoms. The van der Waals surface area contributed by atoms with Gasteiger partial charge in [-0.3, -0.25) is 0 Å². The van der Waals surface area contributed by atoms with E-state index < -0.39 is 5.97 Å². The highest BCUT2D eigenvalue weighted by Gasteiger charge is 2.05. The van der Waals surface area contributed by atoms with Gasteiger partial charge in [0.25, 0.3) is 0 Å². The number of hydrogen-bond acceptors (Lipinski definition) is 3. The monoisotopic (exact) mass is 337 g/mol. The number of rotatable bonds is 4. The third-order valence-electron chi connectivity index (χ3n) is 2.54. The first-order valence-corrected chi connectivity index (χ1v) is 7.34. The molecule has 0 spiro atoms. The van der Waals surface area contributed by atoms with Crippen molar-refractivity contribution in [2.45, 2.75) is 10.6 Å². The number of thioether (sulfide) groups is 1. The smallest absolute Gasteiger partial charge is 0.335 e. The standard InChI is InChI=1S/C14H12BrNO2S/c15-11-4-5-13(12(16)7-11)19-8-9-2-1-3-10(6-9)14(17)18/h1-7H,8,16H2,(H,17,18). The summed E-state index contributed by atoms with van der Waals surface area (Å²) in [6.45, 7) is 0. The van der Waals surface area contributed by atoms with E-state index in [1.54, 1.807) is 30.0 Å². The molecule has 98 valence electrons. The second kappa shape index (κ2) is 6.12. The van der Waals surface area contributed by atoms with E-state index in [9.17, 15) is 4.79 Å². The van der Waals surface area contributed by atoms with Crippen molar-refractivity contribution in [3.8, 4) is 0 Å². The molecule has 0 aliphatic rings. The van der Waals surface area contributed by atoms with Crippen LogP contribution in [0.4, 0.5) is 5.69 Å². The summed E-state index contributed by atoms with van der Waals surface area (Å²) >= 11 is 4.95. The molecule has 0 unspecified atom stereocenters. The number of anilines is 1. The van der Waals surface area contributed by atoms with Crippen LogP contribution in [0.5, 0.6) is 0 Å². The molecule has 2 aromatic carbocycles. The van der Waals surface area contributed by atoms with Crippen LogP contribution in [0.1, 0.15) is 15.9 Å². The molecule has 0 aliphatic carbocycles. The van der Waals surface area contributed by atoms with E-state index >= 15 is 0 Å². The summed E-state index contributed by atoms with van der Waals surface area (Å²) in [6.07, 6.45) is 0. The van der Waals surface area contributed by atoms with Gasteiger partial charge in [0.05, 0.1) is 5.56 Å². The summed E-state index contributed by atoms with van der Waals surface area (Å²) in [5, 5.41) is 8.94. The molecule has 2 aromatic rings. The van der Waals surface area contributed by atoms with Gasteiger partial charge >= 0.3 is 5.97 Å². The van der Waals surface area contributed by atoms with Crippen molar-refractivity contribution in [2.75, 3.05) is 5.73 Å². The topological polar surface area (TPSA) is 63.3 Å². The molecule has 0 bridgehead atoms. The Bertz CT molecular complexity index is 616. The van der Waals surface area contributed by atoms with Crippen molar-refractivity contribution in [2.24, 2.45) is 0 Å². The fraction of sp³-hybridized carbons (Fsp3) is 0.0714. The molecule has 3 nitrogen and oxygen atoms in total. The first kappa shape index (κ1) is 14.0. The Morgan fingerprint density at radius 3 is 2.74 bits per heavy atom. The Balaban J connectivity index is 2.10. The van der Waals surface area contributed by atoms with Crippen molar-refractivity contribution in [1.82, 2.24) is 0 Å². The lowest BCUT2D eigenvalue weighted by Crippen LogP contribution is -1.96. The lowest BCUT2D eigenvalue weighted by atomic mass is 10.1. The van der Waals surface area contributed by atoms with Crippen molar-refractivity contribution >= 4 is 39.3 Å². The summed E-state index contributed by atoms with van der Waals surface area (Å²) in [6, 6.07) is 12.7. The number of carboxylic acid groups (broad SMARTS) is 1. The summed E-state index contributed by atoms with van der Waals surface area (Å²) in [7, 11) is 0. The van der Waals surface area contributed by atoms with E-state index in [0.717, 1.165) is 14.9 Å². The molecule has 0 heterocycles. The molecule has 0 radical (unpaired) electrons. The second-order valence-corrected chi connectivity index (χ2v) is 5.91. The van der Waals surface area contributed by atoms with Gasteiger partial charge in [0.1, 0.15) is 0 Å². The van der Waals surface area contributed by atoms with Crippen molar-refractivity contribution < 1.29 is 9.90 Å². The number of benzene rings is 2. The number of aromatic carboxylic acids is 1. The van der Waals surface area contributed by atoms with Crippen LogP contribution in [-0.2, 0) is 5.75 Å². The number of carbonyl (C=O) groups is 1. The number of nitrogens with two attached hydrogens (primary N) is 1. The third kappa shape index (κ3) is 3.75.